The first-order valence-electron chi connectivity index (χ1n) is 12.0. The molecule has 0 bridgehead atoms. The van der Waals surface area contributed by atoms with Crippen LogP contribution in [0.3, 0.4) is 0 Å². The van der Waals surface area contributed by atoms with Crippen LogP contribution in [0.2, 0.25) is 0 Å². The molecule has 5 rings (SSSR count). The van der Waals surface area contributed by atoms with Gasteiger partial charge in [-0.25, -0.2) is 0 Å². The van der Waals surface area contributed by atoms with Crippen LogP contribution in [0.4, 0.5) is 0 Å². The van der Waals surface area contributed by atoms with Crippen LogP contribution in [0.1, 0.15) is 48.7 Å². The van der Waals surface area contributed by atoms with Gasteiger partial charge in [0.1, 0.15) is 6.04 Å². The van der Waals surface area contributed by atoms with Gasteiger partial charge >= 0.3 is 5.97 Å². The summed E-state index contributed by atoms with van der Waals surface area (Å²) in [7, 11) is 1.48. The molecular weight excluding hydrogens is 428 g/mol. The van der Waals surface area contributed by atoms with E-state index in [0.717, 1.165) is 18.4 Å². The number of carbonyl (C=O) groups is 2. The molecule has 1 amide bonds. The second-order valence-electron chi connectivity index (χ2n) is 9.30. The van der Waals surface area contributed by atoms with Crippen LogP contribution in [-0.4, -0.2) is 54.0 Å². The fourth-order valence-corrected chi connectivity index (χ4v) is 5.83. The van der Waals surface area contributed by atoms with Crippen molar-refractivity contribution in [2.75, 3.05) is 20.2 Å². The Labute approximate surface area is 199 Å². The van der Waals surface area contributed by atoms with Crippen molar-refractivity contribution in [2.24, 2.45) is 0 Å². The highest BCUT2D eigenvalue weighted by molar-refractivity contribution is 5.87. The molecule has 3 heterocycles. The maximum Gasteiger partial charge on any atom is 0.323 e. The van der Waals surface area contributed by atoms with Crippen LogP contribution in [0.5, 0.6) is 0 Å². The molecule has 0 radical (unpaired) electrons. The van der Waals surface area contributed by atoms with Crippen molar-refractivity contribution in [3.05, 3.63) is 71.4 Å². The van der Waals surface area contributed by atoms with E-state index in [2.05, 4.69) is 63.0 Å². The summed E-state index contributed by atoms with van der Waals surface area (Å²) in [5, 5.41) is 7.71. The van der Waals surface area contributed by atoms with E-state index in [4.69, 9.17) is 4.74 Å². The summed E-state index contributed by atoms with van der Waals surface area (Å²) in [5.41, 5.74) is 4.73. The summed E-state index contributed by atoms with van der Waals surface area (Å²) in [6.45, 7) is 2.84. The van der Waals surface area contributed by atoms with Gasteiger partial charge in [-0.3, -0.25) is 14.5 Å². The number of piperidine rings is 1. The van der Waals surface area contributed by atoms with Crippen molar-refractivity contribution in [3.63, 3.8) is 0 Å². The number of aromatic nitrogens is 1. The van der Waals surface area contributed by atoms with E-state index in [-0.39, 0.29) is 36.0 Å². The zero-order chi connectivity index (χ0) is 23.7. The summed E-state index contributed by atoms with van der Waals surface area (Å²) in [6, 6.07) is 18.8. The SMILES string of the molecule is COC(=O)C1Cc2c([nH]c3ccccc23)C2CC(NCCNC(C)=O)CC(c3ccccc3)N12. The van der Waals surface area contributed by atoms with E-state index in [1.165, 1.54) is 36.2 Å². The van der Waals surface area contributed by atoms with E-state index in [9.17, 15) is 9.59 Å². The fourth-order valence-electron chi connectivity index (χ4n) is 5.83. The van der Waals surface area contributed by atoms with Crippen LogP contribution in [0, 0.1) is 0 Å². The van der Waals surface area contributed by atoms with Crippen molar-refractivity contribution in [2.45, 2.75) is 50.4 Å². The molecule has 1 aromatic heterocycles. The highest BCUT2D eigenvalue weighted by Gasteiger charge is 2.48. The number of H-pyrrole nitrogens is 1. The summed E-state index contributed by atoms with van der Waals surface area (Å²) in [6.07, 6.45) is 2.38. The summed E-state index contributed by atoms with van der Waals surface area (Å²) in [4.78, 5) is 30.4. The quantitative estimate of drug-likeness (QED) is 0.388. The summed E-state index contributed by atoms with van der Waals surface area (Å²) in [5.74, 6) is -0.200. The van der Waals surface area contributed by atoms with Gasteiger partial charge in [-0.1, -0.05) is 48.5 Å². The lowest BCUT2D eigenvalue weighted by Gasteiger charge is -2.50. The topological polar surface area (TPSA) is 86.5 Å². The Morgan fingerprint density at radius 1 is 1.03 bits per heavy atom. The Morgan fingerprint density at radius 3 is 2.53 bits per heavy atom. The number of methoxy groups -OCH3 is 1. The van der Waals surface area contributed by atoms with Crippen LogP contribution >= 0.6 is 0 Å². The molecule has 2 aliphatic heterocycles. The van der Waals surface area contributed by atoms with Gasteiger partial charge in [-0.15, -0.1) is 0 Å². The first-order chi connectivity index (χ1) is 16.6. The van der Waals surface area contributed by atoms with Crippen LogP contribution in [0.25, 0.3) is 10.9 Å². The number of amides is 1. The molecule has 7 nitrogen and oxygen atoms in total. The number of nitrogens with zero attached hydrogens (tertiary/aromatic N) is 1. The summed E-state index contributed by atoms with van der Waals surface area (Å²) < 4.78 is 5.31. The molecule has 178 valence electrons. The number of esters is 1. The van der Waals surface area contributed by atoms with Crippen molar-refractivity contribution in [1.82, 2.24) is 20.5 Å². The van der Waals surface area contributed by atoms with Crippen LogP contribution in [0.15, 0.2) is 54.6 Å². The molecule has 34 heavy (non-hydrogen) atoms. The number of rotatable bonds is 6. The van der Waals surface area contributed by atoms with Crippen molar-refractivity contribution < 1.29 is 14.3 Å². The molecule has 1 saturated heterocycles. The van der Waals surface area contributed by atoms with E-state index in [1.54, 1.807) is 0 Å². The molecule has 1 fully saturated rings. The smallest absolute Gasteiger partial charge is 0.323 e. The first kappa shape index (κ1) is 22.6. The van der Waals surface area contributed by atoms with Gasteiger partial charge in [0.2, 0.25) is 5.91 Å². The number of carbonyl (C=O) groups excluding carboxylic acids is 2. The molecule has 0 saturated carbocycles. The highest BCUT2D eigenvalue weighted by atomic mass is 16.5. The Kier molecular flexibility index (Phi) is 6.39. The normalized spacial score (nSPS) is 24.3. The monoisotopic (exact) mass is 460 g/mol. The number of hydrogen-bond donors (Lipinski definition) is 3. The van der Waals surface area contributed by atoms with E-state index < -0.39 is 0 Å². The zero-order valence-corrected chi connectivity index (χ0v) is 19.7. The number of para-hydroxylation sites is 1. The Hall–Kier alpha value is -3.16. The van der Waals surface area contributed by atoms with Crippen molar-refractivity contribution in [3.8, 4) is 0 Å². The molecule has 2 aromatic carbocycles. The minimum Gasteiger partial charge on any atom is -0.468 e. The molecule has 4 unspecified atom stereocenters. The molecule has 0 aliphatic carbocycles. The van der Waals surface area contributed by atoms with Gasteiger partial charge in [0.05, 0.1) is 13.2 Å². The van der Waals surface area contributed by atoms with Gasteiger partial charge in [0, 0.05) is 55.1 Å². The summed E-state index contributed by atoms with van der Waals surface area (Å²) >= 11 is 0. The largest absolute Gasteiger partial charge is 0.468 e. The minimum absolute atomic E-state index is 0.0188. The molecule has 0 spiro atoms. The van der Waals surface area contributed by atoms with Gasteiger partial charge in [0.15, 0.2) is 0 Å². The molecule has 3 N–H and O–H groups in total. The third kappa shape index (κ3) is 4.21. The van der Waals surface area contributed by atoms with E-state index >= 15 is 0 Å². The van der Waals surface area contributed by atoms with E-state index in [1.807, 2.05) is 12.1 Å². The number of ether oxygens (including phenoxy) is 1. The number of fused-ring (bicyclic) bond motifs is 5. The Balaban J connectivity index is 1.54. The predicted molar refractivity (Wildman–Crippen MR) is 131 cm³/mol. The Morgan fingerprint density at radius 2 is 1.76 bits per heavy atom. The highest BCUT2D eigenvalue weighted by Crippen LogP contribution is 2.48. The van der Waals surface area contributed by atoms with Crippen LogP contribution < -0.4 is 10.6 Å². The zero-order valence-electron chi connectivity index (χ0n) is 19.7. The fraction of sp³-hybridized carbons (Fsp3) is 0.407. The lowest BCUT2D eigenvalue weighted by atomic mass is 9.79. The number of benzene rings is 2. The lowest BCUT2D eigenvalue weighted by molar-refractivity contribution is -0.152. The van der Waals surface area contributed by atoms with Gasteiger partial charge in [-0.2, -0.15) is 0 Å². The number of hydrogen-bond acceptors (Lipinski definition) is 5. The standard InChI is InChI=1S/C27H32N4O3/c1-17(32)28-12-13-29-19-14-23(18-8-4-3-5-9-18)31-24(15-19)26-21(16-25(31)27(33)34-2)20-10-6-7-11-22(20)30-26/h3-11,19,23-25,29-30H,12-16H2,1-2H3,(H,28,32). The van der Waals surface area contributed by atoms with Crippen molar-refractivity contribution >= 4 is 22.8 Å². The minimum atomic E-state index is -0.341. The predicted octanol–water partition coefficient (Wildman–Crippen LogP) is 3.24. The van der Waals surface area contributed by atoms with Gasteiger partial charge in [0.25, 0.3) is 0 Å². The second kappa shape index (κ2) is 9.60. The lowest BCUT2D eigenvalue weighted by Crippen LogP contribution is -2.56. The maximum atomic E-state index is 13.1. The van der Waals surface area contributed by atoms with Crippen molar-refractivity contribution in [1.29, 1.82) is 0 Å². The van der Waals surface area contributed by atoms with E-state index in [0.29, 0.717) is 19.5 Å². The second-order valence-corrected chi connectivity index (χ2v) is 9.30. The Bertz CT molecular complexity index is 1180. The van der Waals surface area contributed by atoms with Gasteiger partial charge < -0.3 is 20.4 Å². The first-order valence-corrected chi connectivity index (χ1v) is 12.0. The van der Waals surface area contributed by atoms with Crippen LogP contribution in [-0.2, 0) is 20.7 Å². The molecule has 3 aromatic rings. The van der Waals surface area contributed by atoms with Gasteiger partial charge in [-0.05, 0) is 30.0 Å². The molecule has 2 aliphatic rings. The molecular formula is C27H32N4O3. The molecule has 4 atom stereocenters. The number of aromatic amines is 1. The maximum absolute atomic E-state index is 13.1. The molecule has 7 heteroatoms. The average Bonchev–Trinajstić information content (AvgIpc) is 3.24. The third-order valence-electron chi connectivity index (χ3n) is 7.26. The number of nitrogens with one attached hydrogen (secondary N) is 3. The average molecular weight is 461 g/mol. The third-order valence-corrected chi connectivity index (χ3v) is 7.26.